The van der Waals surface area contributed by atoms with Gasteiger partial charge in [-0.05, 0) is 50.1 Å². The van der Waals surface area contributed by atoms with Gasteiger partial charge in [-0.1, -0.05) is 6.92 Å². The van der Waals surface area contributed by atoms with Crippen molar-refractivity contribution in [3.05, 3.63) is 29.8 Å². The summed E-state index contributed by atoms with van der Waals surface area (Å²) >= 11 is 0. The van der Waals surface area contributed by atoms with Gasteiger partial charge in [0, 0.05) is 30.9 Å². The maximum absolute atomic E-state index is 12.6. The molecule has 2 aliphatic rings. The first kappa shape index (κ1) is 16.5. The van der Waals surface area contributed by atoms with E-state index in [-0.39, 0.29) is 6.04 Å². The summed E-state index contributed by atoms with van der Waals surface area (Å²) in [4.78, 5) is 29.1. The number of benzene rings is 1. The number of nitrogens with one attached hydrogen (secondary N) is 1. The molecule has 2 atom stereocenters. The van der Waals surface area contributed by atoms with Crippen molar-refractivity contribution in [2.45, 2.75) is 38.3 Å². The lowest BCUT2D eigenvalue weighted by atomic mass is 10.0. The van der Waals surface area contributed by atoms with E-state index in [1.165, 1.54) is 6.42 Å². The molecular formula is C18H22N4O2. The van der Waals surface area contributed by atoms with E-state index in [0.29, 0.717) is 23.8 Å². The molecular weight excluding hydrogens is 304 g/mol. The third kappa shape index (κ3) is 3.26. The number of carbonyl (C=O) groups excluding carboxylic acids is 2. The largest absolute Gasteiger partial charge is 0.329 e. The number of nitriles is 1. The van der Waals surface area contributed by atoms with E-state index < -0.39 is 11.8 Å². The highest BCUT2D eigenvalue weighted by Gasteiger charge is 2.39. The topological polar surface area (TPSA) is 76.4 Å². The molecule has 0 spiro atoms. The summed E-state index contributed by atoms with van der Waals surface area (Å²) in [6, 6.07) is 9.01. The molecule has 3 rings (SSSR count). The Balaban J connectivity index is 1.67. The van der Waals surface area contributed by atoms with E-state index in [4.69, 9.17) is 5.26 Å². The summed E-state index contributed by atoms with van der Waals surface area (Å²) < 4.78 is 0. The van der Waals surface area contributed by atoms with Crippen LogP contribution in [0.3, 0.4) is 0 Å². The van der Waals surface area contributed by atoms with Gasteiger partial charge in [-0.15, -0.1) is 0 Å². The minimum Gasteiger partial charge on any atom is -0.329 e. The average molecular weight is 326 g/mol. The van der Waals surface area contributed by atoms with Gasteiger partial charge in [0.2, 0.25) is 0 Å². The summed E-state index contributed by atoms with van der Waals surface area (Å²) in [5, 5.41) is 11.4. The average Bonchev–Trinajstić information content (AvgIpc) is 3.07. The zero-order chi connectivity index (χ0) is 17.1. The Morgan fingerprint density at radius 3 is 2.71 bits per heavy atom. The molecule has 2 fully saturated rings. The van der Waals surface area contributed by atoms with E-state index in [9.17, 15) is 9.59 Å². The van der Waals surface area contributed by atoms with Gasteiger partial charge in [0.15, 0.2) is 0 Å². The van der Waals surface area contributed by atoms with Crippen molar-refractivity contribution < 1.29 is 9.59 Å². The second kappa shape index (κ2) is 7.02. The number of carbonyl (C=O) groups is 2. The molecule has 0 bridgehead atoms. The normalized spacial score (nSPS) is 23.4. The van der Waals surface area contributed by atoms with Gasteiger partial charge in [-0.2, -0.15) is 5.26 Å². The summed E-state index contributed by atoms with van der Waals surface area (Å²) in [6.45, 7) is 4.65. The van der Waals surface area contributed by atoms with Gasteiger partial charge in [-0.25, -0.2) is 0 Å². The zero-order valence-electron chi connectivity index (χ0n) is 13.9. The summed E-state index contributed by atoms with van der Waals surface area (Å²) in [5.74, 6) is -1.07. The Hall–Kier alpha value is -2.39. The first-order valence-electron chi connectivity index (χ1n) is 8.48. The van der Waals surface area contributed by atoms with Crippen molar-refractivity contribution in [3.63, 3.8) is 0 Å². The van der Waals surface area contributed by atoms with Gasteiger partial charge in [0.05, 0.1) is 11.6 Å². The van der Waals surface area contributed by atoms with Crippen LogP contribution in [0.2, 0.25) is 0 Å². The minimum atomic E-state index is -0.607. The number of hydrogen-bond acceptors (Lipinski definition) is 4. The molecule has 2 saturated heterocycles. The van der Waals surface area contributed by atoms with E-state index in [1.807, 2.05) is 6.07 Å². The van der Waals surface area contributed by atoms with Crippen molar-refractivity contribution >= 4 is 17.5 Å². The number of rotatable bonds is 2. The number of anilines is 1. The number of nitrogens with zero attached hydrogens (tertiary/aromatic N) is 3. The molecule has 6 nitrogen and oxygen atoms in total. The smallest absolute Gasteiger partial charge is 0.313 e. The first-order valence-corrected chi connectivity index (χ1v) is 8.48. The molecule has 1 aromatic rings. The van der Waals surface area contributed by atoms with Crippen molar-refractivity contribution in [1.29, 1.82) is 5.26 Å². The minimum absolute atomic E-state index is 0.0959. The highest BCUT2D eigenvalue weighted by Crippen LogP contribution is 2.26. The molecule has 0 aliphatic carbocycles. The first-order chi connectivity index (χ1) is 11.6. The van der Waals surface area contributed by atoms with E-state index in [0.717, 1.165) is 25.9 Å². The highest BCUT2D eigenvalue weighted by molar-refractivity contribution is 6.39. The van der Waals surface area contributed by atoms with Crippen LogP contribution < -0.4 is 5.32 Å². The third-order valence-electron chi connectivity index (χ3n) is 4.99. The van der Waals surface area contributed by atoms with E-state index in [1.54, 1.807) is 29.2 Å². The summed E-state index contributed by atoms with van der Waals surface area (Å²) in [6.07, 6.45) is 3.11. The maximum Gasteiger partial charge on any atom is 0.313 e. The van der Waals surface area contributed by atoms with Crippen LogP contribution in [0.15, 0.2) is 24.3 Å². The Bertz CT molecular complexity index is 665. The molecule has 1 N–H and O–H groups in total. The zero-order valence-corrected chi connectivity index (χ0v) is 13.9. The number of piperazine rings is 1. The molecule has 0 unspecified atom stereocenters. The Morgan fingerprint density at radius 1 is 1.29 bits per heavy atom. The monoisotopic (exact) mass is 326 g/mol. The van der Waals surface area contributed by atoms with Crippen molar-refractivity contribution in [1.82, 2.24) is 9.80 Å². The van der Waals surface area contributed by atoms with Gasteiger partial charge < -0.3 is 10.2 Å². The van der Waals surface area contributed by atoms with Crippen molar-refractivity contribution in [2.75, 3.05) is 25.0 Å². The second-order valence-corrected chi connectivity index (χ2v) is 6.45. The third-order valence-corrected chi connectivity index (χ3v) is 4.99. The predicted molar refractivity (Wildman–Crippen MR) is 90.2 cm³/mol. The second-order valence-electron chi connectivity index (χ2n) is 6.45. The molecule has 0 saturated carbocycles. The Kier molecular flexibility index (Phi) is 4.81. The lowest BCUT2D eigenvalue weighted by molar-refractivity contribution is -0.147. The molecule has 126 valence electrons. The van der Waals surface area contributed by atoms with Crippen LogP contribution in [0.5, 0.6) is 0 Å². The standard InChI is InChI=1S/C18H22N4O2/c1-2-15-11-21-9-3-4-16(21)12-22(15)18(24)17(23)20-14-7-5-13(10-19)6-8-14/h5-8,15-16H,2-4,9,11-12H2,1H3,(H,20,23)/t15-,16+/m1/s1. The van der Waals surface area contributed by atoms with Gasteiger partial charge in [-0.3, -0.25) is 14.5 Å². The van der Waals surface area contributed by atoms with E-state index in [2.05, 4.69) is 17.1 Å². The number of amides is 2. The quantitative estimate of drug-likeness (QED) is 0.837. The Labute approximate surface area is 142 Å². The van der Waals surface area contributed by atoms with Crippen LogP contribution in [0.4, 0.5) is 5.69 Å². The number of fused-ring (bicyclic) bond motifs is 1. The van der Waals surface area contributed by atoms with Crippen LogP contribution >= 0.6 is 0 Å². The number of hydrogen-bond donors (Lipinski definition) is 1. The van der Waals surface area contributed by atoms with Crippen LogP contribution in [0, 0.1) is 11.3 Å². The highest BCUT2D eigenvalue weighted by atomic mass is 16.2. The van der Waals surface area contributed by atoms with Crippen LogP contribution in [-0.2, 0) is 9.59 Å². The molecule has 2 amide bonds. The van der Waals surface area contributed by atoms with Gasteiger partial charge in [0.25, 0.3) is 0 Å². The molecule has 0 radical (unpaired) electrons. The van der Waals surface area contributed by atoms with Crippen LogP contribution in [0.25, 0.3) is 0 Å². The van der Waals surface area contributed by atoms with Crippen LogP contribution in [0.1, 0.15) is 31.7 Å². The Morgan fingerprint density at radius 2 is 2.04 bits per heavy atom. The SMILES string of the molecule is CC[C@@H]1CN2CCC[C@H]2CN1C(=O)C(=O)Nc1ccc(C#N)cc1. The lowest BCUT2D eigenvalue weighted by Gasteiger charge is -2.43. The molecule has 1 aromatic carbocycles. The fraction of sp³-hybridized carbons (Fsp3) is 0.500. The fourth-order valence-electron chi connectivity index (χ4n) is 3.63. The van der Waals surface area contributed by atoms with Crippen LogP contribution in [-0.4, -0.2) is 53.3 Å². The lowest BCUT2D eigenvalue weighted by Crippen LogP contribution is -2.59. The summed E-state index contributed by atoms with van der Waals surface area (Å²) in [5.41, 5.74) is 1.04. The molecule has 2 aliphatic heterocycles. The van der Waals surface area contributed by atoms with Crippen molar-refractivity contribution in [3.8, 4) is 6.07 Å². The molecule has 0 aromatic heterocycles. The van der Waals surface area contributed by atoms with Gasteiger partial charge >= 0.3 is 11.8 Å². The molecule has 24 heavy (non-hydrogen) atoms. The fourth-order valence-corrected chi connectivity index (χ4v) is 3.63. The molecule has 6 heteroatoms. The molecule has 2 heterocycles. The summed E-state index contributed by atoms with van der Waals surface area (Å²) in [7, 11) is 0. The van der Waals surface area contributed by atoms with Gasteiger partial charge in [0.1, 0.15) is 0 Å². The van der Waals surface area contributed by atoms with E-state index >= 15 is 0 Å². The predicted octanol–water partition coefficient (Wildman–Crippen LogP) is 1.58. The maximum atomic E-state index is 12.6. The van der Waals surface area contributed by atoms with Crippen molar-refractivity contribution in [2.24, 2.45) is 0 Å².